The Morgan fingerprint density at radius 1 is 0.750 bits per heavy atom. The third-order valence-corrected chi connectivity index (χ3v) is 16.5. The molecule has 1 aliphatic heterocycles. The lowest BCUT2D eigenvalue weighted by atomic mass is 9.80. The van der Waals surface area contributed by atoms with Crippen LogP contribution in [0, 0.1) is 0 Å². The van der Waals surface area contributed by atoms with Crippen LogP contribution in [-0.4, -0.2) is 84.6 Å². The van der Waals surface area contributed by atoms with Crippen LogP contribution in [0.25, 0.3) is 11.2 Å². The van der Waals surface area contributed by atoms with Gasteiger partial charge in [-0.05, 0) is 78.1 Å². The molecule has 0 aliphatic carbocycles. The number of rotatable bonds is 17. The van der Waals surface area contributed by atoms with E-state index < -0.39 is 44.4 Å². The first-order valence-electron chi connectivity index (χ1n) is 21.2. The Morgan fingerprint density at radius 2 is 1.33 bits per heavy atom. The molecule has 1 amide bonds. The van der Waals surface area contributed by atoms with Crippen LogP contribution in [0.2, 0.25) is 18.1 Å². The third kappa shape index (κ3) is 9.62. The molecular weight excluding hydrogens is 831 g/mol. The van der Waals surface area contributed by atoms with Gasteiger partial charge in [0.1, 0.15) is 41.4 Å². The number of hydrogen-bond donors (Lipinski definition) is 1. The Hall–Kier alpha value is -6.26. The third-order valence-electron chi connectivity index (χ3n) is 12.0. The fourth-order valence-corrected chi connectivity index (χ4v) is 8.80. The average molecular weight is 886 g/mol. The average Bonchev–Trinajstić information content (AvgIpc) is 3.87. The van der Waals surface area contributed by atoms with Crippen molar-refractivity contribution in [2.75, 3.05) is 26.1 Å². The number of hydrogen-bond acceptors (Lipinski definition) is 12. The normalized spacial score (nSPS) is 17.8. The molecule has 1 fully saturated rings. The molecule has 0 saturated carbocycles. The summed E-state index contributed by atoms with van der Waals surface area (Å²) in [6.07, 6.45) is -1.04. The molecule has 0 spiro atoms. The first kappa shape index (κ1) is 45.8. The van der Waals surface area contributed by atoms with Crippen molar-refractivity contribution in [2.45, 2.75) is 88.8 Å². The molecule has 0 radical (unpaired) electrons. The predicted molar refractivity (Wildman–Crippen MR) is 244 cm³/mol. The largest absolute Gasteiger partial charge is 0.497 e. The van der Waals surface area contributed by atoms with Crippen LogP contribution in [0.3, 0.4) is 0 Å². The fraction of sp³-hybridized carbons (Fsp3) is 0.347. The highest BCUT2D eigenvalue weighted by molar-refractivity contribution is 6.74. The number of ketones is 1. The maximum atomic E-state index is 13.8. The van der Waals surface area contributed by atoms with E-state index in [1.165, 1.54) is 13.3 Å². The van der Waals surface area contributed by atoms with Crippen LogP contribution in [0.1, 0.15) is 73.8 Å². The second-order valence-electron chi connectivity index (χ2n) is 17.2. The molecule has 0 bridgehead atoms. The molecule has 64 heavy (non-hydrogen) atoms. The quantitative estimate of drug-likeness (QED) is 0.0528. The number of ether oxygens (including phenoxy) is 5. The van der Waals surface area contributed by atoms with Gasteiger partial charge in [0, 0.05) is 12.0 Å². The molecule has 3 heterocycles. The number of imidazole rings is 1. The van der Waals surface area contributed by atoms with E-state index in [2.05, 4.69) is 54.1 Å². The van der Waals surface area contributed by atoms with Crippen LogP contribution in [0.5, 0.6) is 11.5 Å². The molecule has 4 atom stereocenters. The lowest BCUT2D eigenvalue weighted by Gasteiger charge is -2.40. The summed E-state index contributed by atoms with van der Waals surface area (Å²) >= 11 is 0. The number of carbonyl (C=O) groups is 3. The van der Waals surface area contributed by atoms with Crippen molar-refractivity contribution in [1.29, 1.82) is 0 Å². The van der Waals surface area contributed by atoms with Crippen molar-refractivity contribution in [2.24, 2.45) is 0 Å². The lowest BCUT2D eigenvalue weighted by molar-refractivity contribution is -0.159. The summed E-state index contributed by atoms with van der Waals surface area (Å²) < 4.78 is 40.9. The molecule has 2 aromatic heterocycles. The second kappa shape index (κ2) is 19.2. The summed E-state index contributed by atoms with van der Waals surface area (Å²) in [5.41, 5.74) is 2.30. The number of benzene rings is 4. The van der Waals surface area contributed by atoms with Crippen molar-refractivity contribution < 1.29 is 42.5 Å². The van der Waals surface area contributed by atoms with E-state index in [1.807, 2.05) is 84.9 Å². The van der Waals surface area contributed by atoms with Gasteiger partial charge in [-0.2, -0.15) is 0 Å². The van der Waals surface area contributed by atoms with Gasteiger partial charge in [-0.1, -0.05) is 93.6 Å². The Morgan fingerprint density at radius 3 is 1.89 bits per heavy atom. The van der Waals surface area contributed by atoms with Crippen LogP contribution >= 0.6 is 0 Å². The lowest BCUT2D eigenvalue weighted by Crippen LogP contribution is -2.50. The highest BCUT2D eigenvalue weighted by Crippen LogP contribution is 2.46. The minimum absolute atomic E-state index is 0.0113. The van der Waals surface area contributed by atoms with Crippen LogP contribution in [0.4, 0.5) is 5.82 Å². The summed E-state index contributed by atoms with van der Waals surface area (Å²) in [4.78, 5) is 52.8. The van der Waals surface area contributed by atoms with Crippen molar-refractivity contribution in [3.63, 3.8) is 0 Å². The Kier molecular flexibility index (Phi) is 13.7. The van der Waals surface area contributed by atoms with Gasteiger partial charge in [-0.25, -0.2) is 15.0 Å². The highest BCUT2D eigenvalue weighted by Gasteiger charge is 2.54. The maximum absolute atomic E-state index is 13.8. The summed E-state index contributed by atoms with van der Waals surface area (Å²) in [6, 6.07) is 34.0. The number of fused-ring (bicyclic) bond motifs is 1. The van der Waals surface area contributed by atoms with E-state index in [9.17, 15) is 14.4 Å². The number of anilines is 1. The number of methoxy groups -OCH3 is 2. The number of Topliss-reactive ketones (excluding diaryl/α,β-unsaturated/α-hetero) is 1. The molecule has 1 saturated heterocycles. The van der Waals surface area contributed by atoms with E-state index in [0.29, 0.717) is 28.2 Å². The van der Waals surface area contributed by atoms with Crippen molar-refractivity contribution in [1.82, 2.24) is 19.5 Å². The van der Waals surface area contributed by atoms with Gasteiger partial charge in [0.15, 0.2) is 37.6 Å². The van der Waals surface area contributed by atoms with E-state index in [-0.39, 0.29) is 42.0 Å². The number of carbonyl (C=O) groups excluding carboxylic acids is 3. The van der Waals surface area contributed by atoms with Crippen LogP contribution < -0.4 is 14.8 Å². The SMILES string of the molecule is COc1ccc(C(OC[C@H]2O[C@@H](n3cnc4c(NC(=O)c5ccccc5)ncnc43)[C@@H](O[Si](C)(C)C(C)(C)C)C2OC(=O)CCC(C)=O)(c2ccccc2)c2ccc(OC)cc2)cc1. The number of nitrogens with one attached hydrogen (secondary N) is 1. The molecule has 7 rings (SSSR count). The van der Waals surface area contributed by atoms with Crippen LogP contribution in [0.15, 0.2) is 122 Å². The van der Waals surface area contributed by atoms with Gasteiger partial charge >= 0.3 is 5.97 Å². The van der Waals surface area contributed by atoms with Gasteiger partial charge < -0.3 is 38.2 Å². The van der Waals surface area contributed by atoms with Gasteiger partial charge in [0.25, 0.3) is 5.91 Å². The van der Waals surface area contributed by atoms with E-state index in [1.54, 1.807) is 49.4 Å². The molecule has 4 aromatic carbocycles. The standard InChI is InChI=1S/C49H55N5O9Si/c1-32(55)19-28-40(56)62-42-39(29-60-49(34-17-13-10-14-18-34,35-20-24-37(58-5)25-21-35)36-22-26-38(59-6)27-23-36)61-47(43(42)63-64(7,8)48(2,3)4)54-31-52-41-44(50-30-51-45(41)54)53-46(57)33-15-11-9-12-16-33/h9-18,20-27,30-31,39,42-43,47H,19,28-29H2,1-8H3,(H,50,51,53,57)/t39-,42?,43+,47-/m1/s1. The van der Waals surface area contributed by atoms with Gasteiger partial charge in [-0.3, -0.25) is 14.2 Å². The molecule has 1 unspecified atom stereocenters. The number of aromatic nitrogens is 4. The van der Waals surface area contributed by atoms with Gasteiger partial charge in [0.2, 0.25) is 0 Å². The zero-order valence-corrected chi connectivity index (χ0v) is 38.4. The Labute approximate surface area is 374 Å². The van der Waals surface area contributed by atoms with Crippen molar-refractivity contribution >= 4 is 43.0 Å². The molecule has 14 nitrogen and oxygen atoms in total. The minimum atomic E-state index is -2.67. The Bertz CT molecular complexity index is 2500. The first-order chi connectivity index (χ1) is 30.6. The van der Waals surface area contributed by atoms with Gasteiger partial charge in [-0.15, -0.1) is 0 Å². The summed E-state index contributed by atoms with van der Waals surface area (Å²) in [6.45, 7) is 11.9. The molecular formula is C49H55N5O9Si. The summed E-state index contributed by atoms with van der Waals surface area (Å²) in [5.74, 6) is 0.460. The second-order valence-corrected chi connectivity index (χ2v) is 22.0. The van der Waals surface area contributed by atoms with Crippen molar-refractivity contribution in [3.05, 3.63) is 144 Å². The minimum Gasteiger partial charge on any atom is -0.497 e. The molecule has 334 valence electrons. The van der Waals surface area contributed by atoms with Gasteiger partial charge in [0.05, 0.1) is 33.6 Å². The molecule has 1 aliphatic rings. The maximum Gasteiger partial charge on any atom is 0.306 e. The molecule has 1 N–H and O–H groups in total. The van der Waals surface area contributed by atoms with E-state index >= 15 is 0 Å². The van der Waals surface area contributed by atoms with E-state index in [0.717, 1.165) is 16.7 Å². The predicted octanol–water partition coefficient (Wildman–Crippen LogP) is 8.67. The zero-order valence-electron chi connectivity index (χ0n) is 37.4. The summed E-state index contributed by atoms with van der Waals surface area (Å²) in [7, 11) is 0.561. The topological polar surface area (TPSA) is 162 Å². The summed E-state index contributed by atoms with van der Waals surface area (Å²) in [5, 5.41) is 2.61. The zero-order chi connectivity index (χ0) is 45.6. The van der Waals surface area contributed by atoms with Crippen LogP contribution in [-0.2, 0) is 33.8 Å². The number of amides is 1. The molecule has 15 heteroatoms. The van der Waals surface area contributed by atoms with Crippen molar-refractivity contribution in [3.8, 4) is 11.5 Å². The monoisotopic (exact) mass is 885 g/mol. The number of esters is 1. The first-order valence-corrected chi connectivity index (χ1v) is 24.1. The molecule has 6 aromatic rings. The Balaban J connectivity index is 1.35. The number of nitrogens with zero attached hydrogens (tertiary/aromatic N) is 4. The van der Waals surface area contributed by atoms with E-state index in [4.69, 9.17) is 28.1 Å². The smallest absolute Gasteiger partial charge is 0.306 e. The fourth-order valence-electron chi connectivity index (χ4n) is 7.52. The highest BCUT2D eigenvalue weighted by atomic mass is 28.4.